The Morgan fingerprint density at radius 3 is 2.28 bits per heavy atom. The largest absolute Gasteiger partial charge is 0.333 e. The summed E-state index contributed by atoms with van der Waals surface area (Å²) in [5.41, 5.74) is 10.1. The van der Waals surface area contributed by atoms with Gasteiger partial charge in [-0.3, -0.25) is 14.4 Å². The number of fused-ring (bicyclic) bond motifs is 6. The van der Waals surface area contributed by atoms with Crippen LogP contribution in [0, 0.1) is 23.9 Å². The molecule has 0 unspecified atom stereocenters. The Kier molecular flexibility index (Phi) is 11.8. The van der Waals surface area contributed by atoms with Gasteiger partial charge in [-0.05, 0) is 57.1 Å². The zero-order valence-corrected chi connectivity index (χ0v) is 38.3. The van der Waals surface area contributed by atoms with Crippen LogP contribution in [0.15, 0.2) is 152 Å². The number of thiophene rings is 1. The van der Waals surface area contributed by atoms with Crippen molar-refractivity contribution in [3.8, 4) is 39.5 Å². The fraction of sp³-hybridized carbons (Fsp3) is 0.135. The van der Waals surface area contributed by atoms with E-state index in [0.29, 0.717) is 16.8 Å². The molecule has 10 aromatic rings. The third kappa shape index (κ3) is 7.89. The Morgan fingerprint density at radius 2 is 1.50 bits per heavy atom. The van der Waals surface area contributed by atoms with Crippen LogP contribution in [-0.4, -0.2) is 27.6 Å². The second-order valence-electron chi connectivity index (χ2n) is 16.3. The monoisotopic (exact) mass is 995 g/mol. The SMILES string of the molecule is CC(C)Cc1cc(-c2[c-]cccc2)ncc1[Si](C)(C)C.Fc1c[c-]c(-c2nc3ccccc3n2-c2ccccc2-c2ccccc2)c2sc3c4ccccc4cnc3c12.[Ir]. The van der Waals surface area contributed by atoms with Crippen LogP contribution >= 0.6 is 11.3 Å². The van der Waals surface area contributed by atoms with Gasteiger partial charge in [0.25, 0.3) is 0 Å². The van der Waals surface area contributed by atoms with Crippen LogP contribution in [0.2, 0.25) is 19.6 Å². The molecule has 0 aliphatic carbocycles. The summed E-state index contributed by atoms with van der Waals surface area (Å²) in [6, 6.07) is 53.2. The third-order valence-corrected chi connectivity index (χ3v) is 14.0. The van der Waals surface area contributed by atoms with E-state index in [1.807, 2.05) is 85.1 Å². The summed E-state index contributed by atoms with van der Waals surface area (Å²) >= 11 is 1.55. The first-order valence-electron chi connectivity index (χ1n) is 20.0. The molecule has 4 heterocycles. The summed E-state index contributed by atoms with van der Waals surface area (Å²) < 4.78 is 19.4. The van der Waals surface area contributed by atoms with E-state index >= 15 is 4.39 Å². The Hall–Kier alpha value is -5.63. The van der Waals surface area contributed by atoms with Crippen molar-refractivity contribution in [3.63, 3.8) is 0 Å². The molecule has 10 rings (SSSR count). The minimum Gasteiger partial charge on any atom is -0.333 e. The van der Waals surface area contributed by atoms with Gasteiger partial charge in [0.2, 0.25) is 0 Å². The summed E-state index contributed by atoms with van der Waals surface area (Å²) in [5, 5.41) is 4.11. The van der Waals surface area contributed by atoms with E-state index < -0.39 is 8.07 Å². The van der Waals surface area contributed by atoms with Gasteiger partial charge in [0.05, 0.1) is 35.1 Å². The van der Waals surface area contributed by atoms with E-state index in [2.05, 4.69) is 116 Å². The normalized spacial score (nSPS) is 11.6. The van der Waals surface area contributed by atoms with Crippen molar-refractivity contribution in [2.24, 2.45) is 5.92 Å². The van der Waals surface area contributed by atoms with Gasteiger partial charge >= 0.3 is 0 Å². The van der Waals surface area contributed by atoms with Crippen LogP contribution in [0.25, 0.3) is 81.6 Å². The van der Waals surface area contributed by atoms with Gasteiger partial charge in [-0.2, -0.15) is 11.3 Å². The molecule has 0 saturated carbocycles. The number of imidazole rings is 1. The minimum absolute atomic E-state index is 0. The first kappa shape index (κ1) is 41.1. The number of hydrogen-bond donors (Lipinski definition) is 0. The van der Waals surface area contributed by atoms with E-state index in [0.717, 1.165) is 77.1 Å². The number of rotatable bonds is 7. The molecule has 60 heavy (non-hydrogen) atoms. The Morgan fingerprint density at radius 1 is 0.767 bits per heavy atom. The van der Waals surface area contributed by atoms with Crippen molar-refractivity contribution in [2.75, 3.05) is 0 Å². The zero-order chi connectivity index (χ0) is 40.7. The Bertz CT molecular complexity index is 3120. The molecule has 0 spiro atoms. The number of halogens is 1. The van der Waals surface area contributed by atoms with Crippen molar-refractivity contribution in [1.82, 2.24) is 19.5 Å². The maximum Gasteiger partial charge on any atom is 0.0798 e. The van der Waals surface area contributed by atoms with E-state index in [1.165, 1.54) is 16.8 Å². The quantitative estimate of drug-likeness (QED) is 0.118. The van der Waals surface area contributed by atoms with E-state index in [9.17, 15) is 0 Å². The molecule has 0 atom stereocenters. The summed E-state index contributed by atoms with van der Waals surface area (Å²) in [5.74, 6) is 1.07. The van der Waals surface area contributed by atoms with Gasteiger partial charge < -0.3 is 9.55 Å². The van der Waals surface area contributed by atoms with Crippen LogP contribution in [-0.2, 0) is 26.5 Å². The van der Waals surface area contributed by atoms with Gasteiger partial charge in [-0.15, -0.1) is 48.0 Å². The smallest absolute Gasteiger partial charge is 0.0798 e. The number of benzene rings is 6. The van der Waals surface area contributed by atoms with Crippen molar-refractivity contribution < 1.29 is 24.5 Å². The molecule has 0 N–H and O–H groups in total. The predicted molar refractivity (Wildman–Crippen MR) is 249 cm³/mol. The average molecular weight is 995 g/mol. The molecule has 0 aliphatic heterocycles. The number of nitrogens with zero attached hydrogens (tertiary/aromatic N) is 4. The second-order valence-corrected chi connectivity index (χ2v) is 22.4. The molecule has 0 aliphatic rings. The molecule has 4 nitrogen and oxygen atoms in total. The Labute approximate surface area is 369 Å². The van der Waals surface area contributed by atoms with Gasteiger partial charge in [0.1, 0.15) is 0 Å². The van der Waals surface area contributed by atoms with Crippen molar-refractivity contribution in [3.05, 3.63) is 175 Å². The first-order valence-corrected chi connectivity index (χ1v) is 24.4. The molecule has 0 bridgehead atoms. The predicted octanol–water partition coefficient (Wildman–Crippen LogP) is 13.5. The fourth-order valence-corrected chi connectivity index (χ4v) is 10.9. The van der Waals surface area contributed by atoms with Crippen molar-refractivity contribution in [2.45, 2.75) is 39.9 Å². The van der Waals surface area contributed by atoms with Gasteiger partial charge in [-0.25, -0.2) is 0 Å². The maximum atomic E-state index is 15.5. The molecule has 6 aromatic carbocycles. The standard InChI is InChI=1S/C34H19FN3S.C18H24NSi.Ir/c35-26-19-18-25(32-30(26)31-33(39-32)24-14-5-4-12-22(24)20-36-31)34-37-27-15-7-9-17-29(27)38(34)28-16-8-6-13-23(28)21-10-2-1-3-11-21;1-14(2)11-16-12-17(15-9-7-6-8-10-15)19-13-18(16)20(3,4)5;/h1-17,19-20H;6-9,12-14H,11H2,1-5H3;/q2*-1;. The molecule has 1 radical (unpaired) electrons. The van der Waals surface area contributed by atoms with E-state index in [4.69, 9.17) is 9.97 Å². The number of hydrogen-bond acceptors (Lipinski definition) is 4. The molecule has 299 valence electrons. The molecule has 0 saturated heterocycles. The second kappa shape index (κ2) is 17.2. The number of aromatic nitrogens is 4. The number of para-hydroxylation sites is 3. The van der Waals surface area contributed by atoms with Crippen LogP contribution in [0.4, 0.5) is 4.39 Å². The fourth-order valence-electron chi connectivity index (χ4n) is 7.96. The van der Waals surface area contributed by atoms with Crippen LogP contribution in [0.5, 0.6) is 0 Å². The average Bonchev–Trinajstić information content (AvgIpc) is 3.84. The molecular formula is C52H43FIrN4SSi-2. The van der Waals surface area contributed by atoms with E-state index in [-0.39, 0.29) is 25.9 Å². The molecule has 4 aromatic heterocycles. The maximum absolute atomic E-state index is 15.5. The van der Waals surface area contributed by atoms with Crippen LogP contribution < -0.4 is 5.19 Å². The van der Waals surface area contributed by atoms with Gasteiger partial charge in [0.15, 0.2) is 0 Å². The molecule has 0 fully saturated rings. The molecule has 8 heteroatoms. The summed E-state index contributed by atoms with van der Waals surface area (Å²) in [6.07, 6.45) is 5.06. The minimum atomic E-state index is -1.34. The summed E-state index contributed by atoms with van der Waals surface area (Å²) in [6.45, 7) is 11.7. The van der Waals surface area contributed by atoms with Crippen molar-refractivity contribution >= 4 is 66.7 Å². The first-order chi connectivity index (χ1) is 28.7. The van der Waals surface area contributed by atoms with Crippen LogP contribution in [0.1, 0.15) is 19.4 Å². The van der Waals surface area contributed by atoms with Gasteiger partial charge in [0, 0.05) is 60.3 Å². The summed E-state index contributed by atoms with van der Waals surface area (Å²) in [7, 11) is -1.34. The van der Waals surface area contributed by atoms with Crippen molar-refractivity contribution in [1.29, 1.82) is 0 Å². The summed E-state index contributed by atoms with van der Waals surface area (Å²) in [4.78, 5) is 14.5. The third-order valence-electron chi connectivity index (χ3n) is 10.7. The Balaban J connectivity index is 0.000000202. The topological polar surface area (TPSA) is 43.6 Å². The van der Waals surface area contributed by atoms with Crippen LogP contribution in [0.3, 0.4) is 0 Å². The zero-order valence-electron chi connectivity index (χ0n) is 34.1. The molecular weight excluding hydrogens is 952 g/mol. The number of pyridine rings is 2. The molecule has 0 amide bonds. The van der Waals surface area contributed by atoms with E-state index in [1.54, 1.807) is 11.3 Å². The van der Waals surface area contributed by atoms with Gasteiger partial charge in [-0.1, -0.05) is 136 Å².